The van der Waals surface area contributed by atoms with Gasteiger partial charge in [-0.15, -0.1) is 0 Å². The molecule has 0 aromatic rings. The molecule has 1 heteroatoms. The molecular formula is C11H10O. The highest BCUT2D eigenvalue weighted by atomic mass is 16.3. The van der Waals surface area contributed by atoms with Crippen LogP contribution < -0.4 is 0 Å². The fourth-order valence-corrected chi connectivity index (χ4v) is 1.35. The highest BCUT2D eigenvalue weighted by Gasteiger charge is 1.98. The van der Waals surface area contributed by atoms with Gasteiger partial charge in [0.05, 0.1) is 6.61 Å². The van der Waals surface area contributed by atoms with Crippen LogP contribution in [0.15, 0.2) is 42.5 Å². The van der Waals surface area contributed by atoms with E-state index in [1.807, 2.05) is 24.3 Å². The summed E-state index contributed by atoms with van der Waals surface area (Å²) in [5.74, 6) is 0. The lowest BCUT2D eigenvalue weighted by Crippen LogP contribution is -1.76. The third-order valence-corrected chi connectivity index (χ3v) is 1.99. The van der Waals surface area contributed by atoms with E-state index >= 15 is 0 Å². The molecule has 1 nitrogen and oxygen atoms in total. The van der Waals surface area contributed by atoms with Crippen molar-refractivity contribution in [2.75, 3.05) is 0 Å². The van der Waals surface area contributed by atoms with E-state index in [2.05, 4.69) is 18.2 Å². The number of aliphatic hydroxyl groups excluding tert-OH is 1. The predicted octanol–water partition coefficient (Wildman–Crippen LogP) is 2.28. The maximum absolute atomic E-state index is 8.95. The number of rotatable bonds is 1. The molecule has 2 rings (SSSR count). The second-order valence-corrected chi connectivity index (χ2v) is 2.84. The summed E-state index contributed by atoms with van der Waals surface area (Å²) >= 11 is 0. The van der Waals surface area contributed by atoms with Crippen molar-refractivity contribution in [2.45, 2.75) is 6.61 Å². The molecule has 0 amide bonds. The molecule has 0 atom stereocenters. The summed E-state index contributed by atoms with van der Waals surface area (Å²) in [4.78, 5) is 0. The summed E-state index contributed by atoms with van der Waals surface area (Å²) in [6.07, 6.45) is 0. The molecule has 0 saturated carbocycles. The second-order valence-electron chi connectivity index (χ2n) is 2.84. The minimum atomic E-state index is 0.106. The van der Waals surface area contributed by atoms with Crippen molar-refractivity contribution in [3.63, 3.8) is 0 Å². The molecule has 0 aromatic carbocycles. The third kappa shape index (κ3) is 1.19. The summed E-state index contributed by atoms with van der Waals surface area (Å²) in [5.41, 5.74) is 3.36. The summed E-state index contributed by atoms with van der Waals surface area (Å²) in [7, 11) is 0. The van der Waals surface area contributed by atoms with Crippen molar-refractivity contribution < 1.29 is 5.11 Å². The number of aliphatic hydroxyl groups is 1. The summed E-state index contributed by atoms with van der Waals surface area (Å²) in [6, 6.07) is 14.1. The van der Waals surface area contributed by atoms with Gasteiger partial charge in [0.1, 0.15) is 0 Å². The number of hydrogen-bond donors (Lipinski definition) is 1. The molecule has 1 N–H and O–H groups in total. The average molecular weight is 158 g/mol. The first-order valence-corrected chi connectivity index (χ1v) is 3.99. The summed E-state index contributed by atoms with van der Waals surface area (Å²) < 4.78 is 0. The molecule has 0 fully saturated rings. The molecule has 0 bridgehead atoms. The Labute approximate surface area is 71.6 Å². The van der Waals surface area contributed by atoms with Crippen LogP contribution in [0.2, 0.25) is 0 Å². The van der Waals surface area contributed by atoms with Gasteiger partial charge in [0.25, 0.3) is 0 Å². The van der Waals surface area contributed by atoms with Crippen LogP contribution in [0, 0.1) is 0 Å². The average Bonchev–Trinajstić information content (AvgIpc) is 2.43. The van der Waals surface area contributed by atoms with Gasteiger partial charge in [-0.25, -0.2) is 0 Å². The van der Waals surface area contributed by atoms with Gasteiger partial charge >= 0.3 is 0 Å². The van der Waals surface area contributed by atoms with Crippen LogP contribution in [0.25, 0.3) is 11.1 Å². The highest BCUT2D eigenvalue weighted by Crippen LogP contribution is 2.22. The summed E-state index contributed by atoms with van der Waals surface area (Å²) in [5, 5.41) is 8.95. The van der Waals surface area contributed by atoms with Crippen LogP contribution in [0.5, 0.6) is 0 Å². The molecular weight excluding hydrogens is 148 g/mol. The fourth-order valence-electron chi connectivity index (χ4n) is 1.35. The van der Waals surface area contributed by atoms with Gasteiger partial charge in [0, 0.05) is 0 Å². The molecule has 12 heavy (non-hydrogen) atoms. The van der Waals surface area contributed by atoms with Crippen LogP contribution >= 0.6 is 0 Å². The standard InChI is InChI=1S/C11H10O/c12-8-9-3-1-4-10-5-2-6-11(10)7-9/h1-7,12H,8H2. The Kier molecular flexibility index (Phi) is 1.80. The Morgan fingerprint density at radius 1 is 0.917 bits per heavy atom. The number of hydrogen-bond acceptors (Lipinski definition) is 1. The Morgan fingerprint density at radius 3 is 2.33 bits per heavy atom. The summed E-state index contributed by atoms with van der Waals surface area (Å²) in [6.45, 7) is 0.106. The second kappa shape index (κ2) is 2.95. The molecule has 0 saturated heterocycles. The Morgan fingerprint density at radius 2 is 1.58 bits per heavy atom. The van der Waals surface area contributed by atoms with Gasteiger partial charge in [0.15, 0.2) is 0 Å². The molecule has 0 aliphatic heterocycles. The maximum atomic E-state index is 8.95. The molecule has 0 heterocycles. The Balaban J connectivity index is 2.61. The number of fused-ring (bicyclic) bond motifs is 1. The zero-order valence-electron chi connectivity index (χ0n) is 6.70. The van der Waals surface area contributed by atoms with Crippen molar-refractivity contribution >= 4 is 0 Å². The monoisotopic (exact) mass is 158 g/mol. The minimum Gasteiger partial charge on any atom is -0.392 e. The van der Waals surface area contributed by atoms with E-state index in [1.165, 1.54) is 11.1 Å². The molecule has 2 aliphatic rings. The molecule has 2 aliphatic carbocycles. The predicted molar refractivity (Wildman–Crippen MR) is 49.0 cm³/mol. The van der Waals surface area contributed by atoms with Crippen molar-refractivity contribution in [2.24, 2.45) is 0 Å². The highest BCUT2D eigenvalue weighted by molar-refractivity contribution is 5.66. The zero-order chi connectivity index (χ0) is 8.39. The van der Waals surface area contributed by atoms with Gasteiger partial charge < -0.3 is 5.11 Å². The zero-order valence-corrected chi connectivity index (χ0v) is 6.70. The molecule has 0 spiro atoms. The first-order chi connectivity index (χ1) is 5.90. The van der Waals surface area contributed by atoms with Crippen LogP contribution in [0.3, 0.4) is 0 Å². The van der Waals surface area contributed by atoms with E-state index in [-0.39, 0.29) is 6.61 Å². The first kappa shape index (κ1) is 7.32. The van der Waals surface area contributed by atoms with Crippen LogP contribution in [-0.4, -0.2) is 5.11 Å². The molecule has 0 unspecified atom stereocenters. The van der Waals surface area contributed by atoms with Crippen LogP contribution in [0.4, 0.5) is 0 Å². The largest absolute Gasteiger partial charge is 0.392 e. The fraction of sp³-hybridized carbons (Fsp3) is 0.0909. The normalized spacial score (nSPS) is 10.4. The molecule has 0 radical (unpaired) electrons. The van der Waals surface area contributed by atoms with Gasteiger partial charge in [-0.2, -0.15) is 0 Å². The lowest BCUT2D eigenvalue weighted by Gasteiger charge is -1.91. The van der Waals surface area contributed by atoms with Crippen LogP contribution in [-0.2, 0) is 6.61 Å². The van der Waals surface area contributed by atoms with Crippen molar-refractivity contribution in [3.05, 3.63) is 48.0 Å². The van der Waals surface area contributed by atoms with Gasteiger partial charge in [-0.05, 0) is 22.8 Å². The van der Waals surface area contributed by atoms with Crippen molar-refractivity contribution in [1.29, 1.82) is 0 Å². The van der Waals surface area contributed by atoms with Crippen molar-refractivity contribution in [3.8, 4) is 11.1 Å². The topological polar surface area (TPSA) is 20.2 Å². The van der Waals surface area contributed by atoms with E-state index in [9.17, 15) is 0 Å². The Bertz CT molecular complexity index is 354. The quantitative estimate of drug-likeness (QED) is 0.675. The third-order valence-electron chi connectivity index (χ3n) is 1.99. The van der Waals surface area contributed by atoms with Gasteiger partial charge in [-0.3, -0.25) is 0 Å². The van der Waals surface area contributed by atoms with Gasteiger partial charge in [0.2, 0.25) is 0 Å². The van der Waals surface area contributed by atoms with Crippen molar-refractivity contribution in [1.82, 2.24) is 0 Å². The molecule has 60 valence electrons. The van der Waals surface area contributed by atoms with Crippen LogP contribution in [0.1, 0.15) is 5.56 Å². The van der Waals surface area contributed by atoms with E-state index in [0.717, 1.165) is 5.56 Å². The molecule has 0 aromatic heterocycles. The van der Waals surface area contributed by atoms with Gasteiger partial charge in [-0.1, -0.05) is 36.4 Å². The first-order valence-electron chi connectivity index (χ1n) is 3.99. The van der Waals surface area contributed by atoms with E-state index in [0.29, 0.717) is 0 Å². The SMILES string of the molecule is OCc1cccc2cccc-2c1. The Hall–Kier alpha value is -1.34. The maximum Gasteiger partial charge on any atom is 0.0682 e. The van der Waals surface area contributed by atoms with E-state index < -0.39 is 0 Å². The van der Waals surface area contributed by atoms with E-state index in [1.54, 1.807) is 0 Å². The van der Waals surface area contributed by atoms with E-state index in [4.69, 9.17) is 5.11 Å². The smallest absolute Gasteiger partial charge is 0.0682 e. The minimum absolute atomic E-state index is 0.106. The lowest BCUT2D eigenvalue weighted by atomic mass is 10.2. The lowest BCUT2D eigenvalue weighted by molar-refractivity contribution is 0.282.